The van der Waals surface area contributed by atoms with Crippen molar-refractivity contribution in [1.82, 2.24) is 0 Å². The summed E-state index contributed by atoms with van der Waals surface area (Å²) in [5.74, 6) is 2.36. The molecule has 1 aliphatic rings. The van der Waals surface area contributed by atoms with E-state index in [9.17, 15) is 8.42 Å². The van der Waals surface area contributed by atoms with Crippen LogP contribution in [0.4, 0.5) is 5.69 Å². The summed E-state index contributed by atoms with van der Waals surface area (Å²) in [6, 6.07) is 19.3. The highest BCUT2D eigenvalue weighted by Crippen LogP contribution is 2.34. The van der Waals surface area contributed by atoms with Crippen molar-refractivity contribution in [2.24, 2.45) is 0 Å². The van der Waals surface area contributed by atoms with E-state index in [4.69, 9.17) is 18.9 Å². The second kappa shape index (κ2) is 10.0. The quantitative estimate of drug-likeness (QED) is 0.461. The summed E-state index contributed by atoms with van der Waals surface area (Å²) in [6.07, 6.45) is 0. The summed E-state index contributed by atoms with van der Waals surface area (Å²) in [7, 11) is -3.90. The Morgan fingerprint density at radius 1 is 0.909 bits per heavy atom. The molecule has 0 amide bonds. The first-order chi connectivity index (χ1) is 16.0. The third-order valence-electron chi connectivity index (χ3n) is 5.18. The predicted molar refractivity (Wildman–Crippen MR) is 126 cm³/mol. The lowest BCUT2D eigenvalue weighted by molar-refractivity contribution is 0.171. The summed E-state index contributed by atoms with van der Waals surface area (Å²) in [5.41, 5.74) is 1.50. The third kappa shape index (κ3) is 5.17. The van der Waals surface area contributed by atoms with Crippen molar-refractivity contribution in [3.05, 3.63) is 72.3 Å². The first-order valence-electron chi connectivity index (χ1n) is 10.8. The van der Waals surface area contributed by atoms with Crippen molar-refractivity contribution >= 4 is 15.7 Å². The van der Waals surface area contributed by atoms with Gasteiger partial charge in [0.2, 0.25) is 0 Å². The molecule has 0 N–H and O–H groups in total. The number of sulfonamides is 1. The molecule has 0 bridgehead atoms. The lowest BCUT2D eigenvalue weighted by atomic mass is 10.2. The maximum atomic E-state index is 13.7. The molecular formula is C25H27NO6S. The first-order valence-corrected chi connectivity index (χ1v) is 12.3. The highest BCUT2D eigenvalue weighted by molar-refractivity contribution is 7.92. The van der Waals surface area contributed by atoms with E-state index in [-0.39, 0.29) is 18.0 Å². The molecule has 0 aliphatic carbocycles. The fourth-order valence-corrected chi connectivity index (χ4v) is 5.00. The number of fused-ring (bicyclic) bond motifs is 1. The van der Waals surface area contributed by atoms with Gasteiger partial charge in [0.15, 0.2) is 11.5 Å². The zero-order chi connectivity index (χ0) is 23.3. The van der Waals surface area contributed by atoms with Crippen LogP contribution in [0.25, 0.3) is 0 Å². The van der Waals surface area contributed by atoms with Gasteiger partial charge in [-0.3, -0.25) is 4.31 Å². The molecule has 174 valence electrons. The largest absolute Gasteiger partial charge is 0.494 e. The van der Waals surface area contributed by atoms with Gasteiger partial charge in [-0.15, -0.1) is 0 Å². The standard InChI is InChI=1S/C25H27NO6S/c1-3-29-21-10-8-20(9-11-21)26(14-15-30-23-7-5-4-6-19(23)2)33(27,28)22-12-13-24-25(18-22)32-17-16-31-24/h4-13,18H,3,14-17H2,1-2H3. The Kier molecular flexibility index (Phi) is 6.93. The minimum absolute atomic E-state index is 0.122. The van der Waals surface area contributed by atoms with Gasteiger partial charge in [-0.1, -0.05) is 18.2 Å². The summed E-state index contributed by atoms with van der Waals surface area (Å²) >= 11 is 0. The van der Waals surface area contributed by atoms with Crippen LogP contribution in [-0.4, -0.2) is 41.4 Å². The molecule has 0 spiro atoms. The molecule has 1 heterocycles. The van der Waals surface area contributed by atoms with Gasteiger partial charge in [-0.05, 0) is 61.9 Å². The van der Waals surface area contributed by atoms with Crippen molar-refractivity contribution in [3.8, 4) is 23.0 Å². The molecule has 3 aromatic rings. The topological polar surface area (TPSA) is 74.3 Å². The zero-order valence-corrected chi connectivity index (χ0v) is 19.5. The van der Waals surface area contributed by atoms with E-state index < -0.39 is 10.0 Å². The number of rotatable bonds is 9. The molecule has 0 fully saturated rings. The van der Waals surface area contributed by atoms with Gasteiger partial charge >= 0.3 is 0 Å². The third-order valence-corrected chi connectivity index (χ3v) is 7.01. The molecule has 7 nitrogen and oxygen atoms in total. The van der Waals surface area contributed by atoms with E-state index >= 15 is 0 Å². The Labute approximate surface area is 194 Å². The van der Waals surface area contributed by atoms with Crippen molar-refractivity contribution in [1.29, 1.82) is 0 Å². The van der Waals surface area contributed by atoms with E-state index in [0.29, 0.717) is 42.8 Å². The van der Waals surface area contributed by atoms with Gasteiger partial charge in [-0.25, -0.2) is 8.42 Å². The number of nitrogens with zero attached hydrogens (tertiary/aromatic N) is 1. The van der Waals surface area contributed by atoms with Gasteiger partial charge in [0, 0.05) is 6.07 Å². The van der Waals surface area contributed by atoms with E-state index in [2.05, 4.69) is 0 Å². The molecule has 0 unspecified atom stereocenters. The fourth-order valence-electron chi connectivity index (χ4n) is 3.53. The Bertz CT molecular complexity index is 1190. The van der Waals surface area contributed by atoms with Gasteiger partial charge in [0.05, 0.1) is 23.7 Å². The first kappa shape index (κ1) is 22.8. The van der Waals surface area contributed by atoms with Crippen LogP contribution in [0, 0.1) is 6.92 Å². The lowest BCUT2D eigenvalue weighted by Gasteiger charge is -2.26. The van der Waals surface area contributed by atoms with Crippen LogP contribution in [0.2, 0.25) is 0 Å². The minimum Gasteiger partial charge on any atom is -0.494 e. The summed E-state index contributed by atoms with van der Waals surface area (Å²) in [5, 5.41) is 0. The molecule has 33 heavy (non-hydrogen) atoms. The van der Waals surface area contributed by atoms with Gasteiger partial charge in [0.25, 0.3) is 10.0 Å². The van der Waals surface area contributed by atoms with Crippen molar-refractivity contribution in [2.45, 2.75) is 18.7 Å². The van der Waals surface area contributed by atoms with Crippen molar-refractivity contribution < 1.29 is 27.4 Å². The molecule has 0 saturated heterocycles. The number of para-hydroxylation sites is 1. The lowest BCUT2D eigenvalue weighted by Crippen LogP contribution is -2.35. The van der Waals surface area contributed by atoms with Crippen LogP contribution >= 0.6 is 0 Å². The summed E-state index contributed by atoms with van der Waals surface area (Å²) < 4.78 is 51.2. The number of anilines is 1. The van der Waals surface area contributed by atoms with E-state index in [1.165, 1.54) is 16.4 Å². The number of hydrogen-bond acceptors (Lipinski definition) is 6. The fraction of sp³-hybridized carbons (Fsp3) is 0.280. The van der Waals surface area contributed by atoms with E-state index in [0.717, 1.165) is 11.3 Å². The predicted octanol–water partition coefficient (Wildman–Crippen LogP) is 4.44. The summed E-state index contributed by atoms with van der Waals surface area (Å²) in [6.45, 7) is 5.50. The Balaban J connectivity index is 1.62. The molecule has 0 radical (unpaired) electrons. The van der Waals surface area contributed by atoms with Crippen molar-refractivity contribution in [3.63, 3.8) is 0 Å². The van der Waals surface area contributed by atoms with Gasteiger partial charge in [-0.2, -0.15) is 0 Å². The molecule has 0 aromatic heterocycles. The number of aryl methyl sites for hydroxylation is 1. The Hall–Kier alpha value is -3.39. The molecule has 1 aliphatic heterocycles. The van der Waals surface area contributed by atoms with Crippen LogP contribution < -0.4 is 23.3 Å². The minimum atomic E-state index is -3.90. The highest BCUT2D eigenvalue weighted by Gasteiger charge is 2.27. The number of hydrogen-bond donors (Lipinski definition) is 0. The highest BCUT2D eigenvalue weighted by atomic mass is 32.2. The van der Waals surface area contributed by atoms with E-state index in [1.807, 2.05) is 38.1 Å². The van der Waals surface area contributed by atoms with Crippen LogP contribution in [0.5, 0.6) is 23.0 Å². The van der Waals surface area contributed by atoms with Crippen LogP contribution in [0.1, 0.15) is 12.5 Å². The normalized spacial score (nSPS) is 12.8. The number of benzene rings is 3. The molecule has 0 saturated carbocycles. The van der Waals surface area contributed by atoms with Crippen molar-refractivity contribution in [2.75, 3.05) is 37.3 Å². The monoisotopic (exact) mass is 469 g/mol. The van der Waals surface area contributed by atoms with Crippen LogP contribution in [0.3, 0.4) is 0 Å². The van der Waals surface area contributed by atoms with Crippen LogP contribution in [-0.2, 0) is 10.0 Å². The second-order valence-electron chi connectivity index (χ2n) is 7.42. The Morgan fingerprint density at radius 3 is 2.36 bits per heavy atom. The molecule has 3 aromatic carbocycles. The second-order valence-corrected chi connectivity index (χ2v) is 9.29. The van der Waals surface area contributed by atoms with Gasteiger partial charge < -0.3 is 18.9 Å². The molecular weight excluding hydrogens is 442 g/mol. The SMILES string of the molecule is CCOc1ccc(N(CCOc2ccccc2C)S(=O)(=O)c2ccc3c(c2)OCCO3)cc1. The molecule has 8 heteroatoms. The maximum Gasteiger partial charge on any atom is 0.264 e. The molecule has 4 rings (SSSR count). The summed E-state index contributed by atoms with van der Waals surface area (Å²) in [4.78, 5) is 0.122. The smallest absolute Gasteiger partial charge is 0.264 e. The average molecular weight is 470 g/mol. The maximum absolute atomic E-state index is 13.7. The Morgan fingerprint density at radius 2 is 1.64 bits per heavy atom. The van der Waals surface area contributed by atoms with Gasteiger partial charge in [0.1, 0.15) is 31.3 Å². The van der Waals surface area contributed by atoms with E-state index in [1.54, 1.807) is 30.3 Å². The zero-order valence-electron chi connectivity index (χ0n) is 18.7. The number of ether oxygens (including phenoxy) is 4. The van der Waals surface area contributed by atoms with Crippen LogP contribution in [0.15, 0.2) is 71.6 Å². The molecule has 0 atom stereocenters. The average Bonchev–Trinajstić information content (AvgIpc) is 2.83.